The number of rotatable bonds is 4. The minimum Gasteiger partial charge on any atom is -0.450 e. The van der Waals surface area contributed by atoms with Crippen LogP contribution in [0.5, 0.6) is 0 Å². The van der Waals surface area contributed by atoms with Crippen molar-refractivity contribution in [1.82, 2.24) is 9.21 Å². The molecule has 1 heterocycles. The lowest BCUT2D eigenvalue weighted by Gasteiger charge is -2.32. The first-order valence-corrected chi connectivity index (χ1v) is 9.16. The molecule has 126 valence electrons. The number of carbonyl (C=O) groups excluding carboxylic acids is 1. The number of halogens is 1. The number of sulfonamides is 1. The maximum atomic E-state index is 12.3. The van der Waals surface area contributed by atoms with Crippen LogP contribution in [0.4, 0.5) is 4.79 Å². The predicted octanol–water partition coefficient (Wildman–Crippen LogP) is 2.41. The van der Waals surface area contributed by atoms with Gasteiger partial charge in [-0.05, 0) is 30.7 Å². The molecule has 0 bridgehead atoms. The number of ether oxygens (including phenoxy) is 1. The Morgan fingerprint density at radius 3 is 2.39 bits per heavy atom. The highest BCUT2D eigenvalue weighted by molar-refractivity contribution is 7.92. The highest BCUT2D eigenvalue weighted by atomic mass is 35.5. The molecule has 2 rings (SSSR count). The van der Waals surface area contributed by atoms with E-state index in [9.17, 15) is 13.2 Å². The first-order valence-electron chi connectivity index (χ1n) is 7.28. The smallest absolute Gasteiger partial charge is 0.409 e. The standard InChI is InChI=1S/C15H19ClN2O4S/c1-2-22-15(19)17-8-10-18(11-9-17)23(20,21)12-7-13-3-5-14(16)6-4-13/h3-7,12H,2,8-11H2,1H3/b12-7+. The summed E-state index contributed by atoms with van der Waals surface area (Å²) >= 11 is 5.79. The van der Waals surface area contributed by atoms with Gasteiger partial charge in [-0.2, -0.15) is 4.31 Å². The summed E-state index contributed by atoms with van der Waals surface area (Å²) in [5, 5.41) is 1.77. The molecule has 1 aromatic rings. The van der Waals surface area contributed by atoms with Gasteiger partial charge in [-0.1, -0.05) is 23.7 Å². The van der Waals surface area contributed by atoms with Gasteiger partial charge >= 0.3 is 6.09 Å². The molecular formula is C15H19ClN2O4S. The molecule has 1 amide bonds. The molecule has 0 radical (unpaired) electrons. The molecule has 6 nitrogen and oxygen atoms in total. The van der Waals surface area contributed by atoms with Crippen molar-refractivity contribution in [3.63, 3.8) is 0 Å². The number of benzene rings is 1. The second-order valence-electron chi connectivity index (χ2n) is 4.98. The van der Waals surface area contributed by atoms with Gasteiger partial charge in [0.05, 0.1) is 6.61 Å². The van der Waals surface area contributed by atoms with Crippen molar-refractivity contribution in [1.29, 1.82) is 0 Å². The van der Waals surface area contributed by atoms with Gasteiger partial charge < -0.3 is 9.64 Å². The summed E-state index contributed by atoms with van der Waals surface area (Å²) in [7, 11) is -3.51. The van der Waals surface area contributed by atoms with Crippen molar-refractivity contribution < 1.29 is 17.9 Å². The Morgan fingerprint density at radius 2 is 1.83 bits per heavy atom. The van der Waals surface area contributed by atoms with Crippen LogP contribution in [0.15, 0.2) is 29.7 Å². The third-order valence-corrected chi connectivity index (χ3v) is 5.24. The number of piperazine rings is 1. The molecular weight excluding hydrogens is 340 g/mol. The van der Waals surface area contributed by atoms with E-state index in [0.717, 1.165) is 5.56 Å². The van der Waals surface area contributed by atoms with E-state index in [-0.39, 0.29) is 13.1 Å². The van der Waals surface area contributed by atoms with Crippen LogP contribution in [0.1, 0.15) is 12.5 Å². The van der Waals surface area contributed by atoms with Crippen LogP contribution in [0.3, 0.4) is 0 Å². The number of hydrogen-bond acceptors (Lipinski definition) is 4. The van der Waals surface area contributed by atoms with Crippen molar-refractivity contribution in [3.05, 3.63) is 40.3 Å². The summed E-state index contributed by atoms with van der Waals surface area (Å²) in [4.78, 5) is 13.1. The molecule has 8 heteroatoms. The first-order chi connectivity index (χ1) is 10.9. The van der Waals surface area contributed by atoms with Gasteiger partial charge in [0, 0.05) is 36.6 Å². The molecule has 0 spiro atoms. The zero-order valence-corrected chi connectivity index (χ0v) is 14.4. The third-order valence-electron chi connectivity index (χ3n) is 3.43. The number of amides is 1. The Morgan fingerprint density at radius 1 is 1.22 bits per heavy atom. The summed E-state index contributed by atoms with van der Waals surface area (Å²) in [6.45, 7) is 3.21. The number of nitrogens with zero attached hydrogens (tertiary/aromatic N) is 2. The number of hydrogen-bond donors (Lipinski definition) is 0. The van der Waals surface area contributed by atoms with Crippen LogP contribution in [0.25, 0.3) is 6.08 Å². The Labute approximate surface area is 141 Å². The minimum absolute atomic E-state index is 0.256. The molecule has 1 aliphatic rings. The van der Waals surface area contributed by atoms with E-state index in [1.165, 1.54) is 20.7 Å². The van der Waals surface area contributed by atoms with Gasteiger partial charge in [-0.3, -0.25) is 0 Å². The Bertz CT molecular complexity index is 665. The first kappa shape index (κ1) is 17.8. The molecule has 0 saturated carbocycles. The largest absolute Gasteiger partial charge is 0.450 e. The summed E-state index contributed by atoms with van der Waals surface area (Å²) in [6, 6.07) is 6.89. The van der Waals surface area contributed by atoms with Gasteiger partial charge in [0.25, 0.3) is 0 Å². The van der Waals surface area contributed by atoms with E-state index in [4.69, 9.17) is 16.3 Å². The van der Waals surface area contributed by atoms with E-state index < -0.39 is 16.1 Å². The Hall–Kier alpha value is -1.57. The van der Waals surface area contributed by atoms with Crippen LogP contribution < -0.4 is 0 Å². The van der Waals surface area contributed by atoms with E-state index in [2.05, 4.69) is 0 Å². The van der Waals surface area contributed by atoms with Gasteiger partial charge in [0.1, 0.15) is 0 Å². The highest BCUT2D eigenvalue weighted by Gasteiger charge is 2.27. The molecule has 1 aliphatic heterocycles. The van der Waals surface area contributed by atoms with Gasteiger partial charge in [-0.15, -0.1) is 0 Å². The zero-order chi connectivity index (χ0) is 16.9. The van der Waals surface area contributed by atoms with Gasteiger partial charge in [0.15, 0.2) is 0 Å². The fraction of sp³-hybridized carbons (Fsp3) is 0.400. The van der Waals surface area contributed by atoms with Crippen LogP contribution >= 0.6 is 11.6 Å². The molecule has 0 N–H and O–H groups in total. The normalized spacial score (nSPS) is 16.7. The van der Waals surface area contributed by atoms with E-state index >= 15 is 0 Å². The van der Waals surface area contributed by atoms with Crippen molar-refractivity contribution in [2.24, 2.45) is 0 Å². The summed E-state index contributed by atoms with van der Waals surface area (Å²) < 4.78 is 30.9. The van der Waals surface area contributed by atoms with E-state index in [0.29, 0.717) is 24.7 Å². The topological polar surface area (TPSA) is 66.9 Å². The summed E-state index contributed by atoms with van der Waals surface area (Å²) in [6.07, 6.45) is 1.13. The van der Waals surface area contributed by atoms with Crippen molar-refractivity contribution >= 4 is 33.8 Å². The molecule has 1 aromatic carbocycles. The lowest BCUT2D eigenvalue weighted by atomic mass is 10.2. The highest BCUT2D eigenvalue weighted by Crippen LogP contribution is 2.14. The molecule has 1 fully saturated rings. The average Bonchev–Trinajstić information content (AvgIpc) is 2.55. The monoisotopic (exact) mass is 358 g/mol. The van der Waals surface area contributed by atoms with Crippen molar-refractivity contribution in [3.8, 4) is 0 Å². The van der Waals surface area contributed by atoms with E-state index in [1.54, 1.807) is 31.2 Å². The average molecular weight is 359 g/mol. The minimum atomic E-state index is -3.51. The number of carbonyl (C=O) groups is 1. The van der Waals surface area contributed by atoms with Crippen molar-refractivity contribution in [2.75, 3.05) is 32.8 Å². The maximum absolute atomic E-state index is 12.3. The summed E-state index contributed by atoms with van der Waals surface area (Å²) in [5.74, 6) is 0. The van der Waals surface area contributed by atoms with Crippen LogP contribution in [0.2, 0.25) is 5.02 Å². The second-order valence-corrected chi connectivity index (χ2v) is 7.24. The molecule has 1 saturated heterocycles. The third kappa shape index (κ3) is 4.95. The Balaban J connectivity index is 1.96. The fourth-order valence-corrected chi connectivity index (χ4v) is 3.46. The molecule has 0 aromatic heterocycles. The molecule has 0 atom stereocenters. The maximum Gasteiger partial charge on any atom is 0.409 e. The predicted molar refractivity (Wildman–Crippen MR) is 89.6 cm³/mol. The summed E-state index contributed by atoms with van der Waals surface area (Å²) in [5.41, 5.74) is 0.753. The van der Waals surface area contributed by atoms with Crippen molar-refractivity contribution in [2.45, 2.75) is 6.92 Å². The molecule has 23 heavy (non-hydrogen) atoms. The van der Waals surface area contributed by atoms with Gasteiger partial charge in [0.2, 0.25) is 10.0 Å². The molecule has 0 unspecified atom stereocenters. The van der Waals surface area contributed by atoms with Crippen LogP contribution in [0, 0.1) is 0 Å². The van der Waals surface area contributed by atoms with Gasteiger partial charge in [-0.25, -0.2) is 13.2 Å². The van der Waals surface area contributed by atoms with Crippen LogP contribution in [-0.4, -0.2) is 56.5 Å². The lowest BCUT2D eigenvalue weighted by molar-refractivity contribution is 0.0936. The second kappa shape index (κ2) is 7.81. The van der Waals surface area contributed by atoms with Crippen LogP contribution in [-0.2, 0) is 14.8 Å². The lowest BCUT2D eigenvalue weighted by Crippen LogP contribution is -2.50. The Kier molecular flexibility index (Phi) is 6.04. The SMILES string of the molecule is CCOC(=O)N1CCN(S(=O)(=O)/C=C/c2ccc(Cl)cc2)CC1. The quantitative estimate of drug-likeness (QED) is 0.829. The fourth-order valence-electron chi connectivity index (χ4n) is 2.16. The molecule has 0 aliphatic carbocycles. The van der Waals surface area contributed by atoms with E-state index in [1.807, 2.05) is 0 Å². The zero-order valence-electron chi connectivity index (χ0n) is 12.8.